The van der Waals surface area contributed by atoms with Gasteiger partial charge in [-0.3, -0.25) is 4.98 Å². The monoisotopic (exact) mass is 177 g/mol. The van der Waals surface area contributed by atoms with Crippen molar-refractivity contribution in [2.24, 2.45) is 0 Å². The zero-order chi connectivity index (χ0) is 9.10. The molecule has 0 aromatic carbocycles. The number of ether oxygens (including phenoxy) is 2. The molecule has 0 amide bonds. The molecule has 2 heterocycles. The van der Waals surface area contributed by atoms with Gasteiger partial charge in [0.05, 0.1) is 11.9 Å². The van der Waals surface area contributed by atoms with Gasteiger partial charge in [-0.1, -0.05) is 6.08 Å². The number of pyridine rings is 1. The molecule has 3 heteroatoms. The average Bonchev–Trinajstić information content (AvgIpc) is 2.18. The Kier molecular flexibility index (Phi) is 2.17. The van der Waals surface area contributed by atoms with E-state index >= 15 is 0 Å². The summed E-state index contributed by atoms with van der Waals surface area (Å²) in [6.07, 6.45) is 5.57. The Bertz CT molecular complexity index is 334. The van der Waals surface area contributed by atoms with Crippen LogP contribution in [-0.2, 0) is 0 Å². The summed E-state index contributed by atoms with van der Waals surface area (Å²) in [6, 6.07) is 1.88. The Labute approximate surface area is 77.0 Å². The van der Waals surface area contributed by atoms with Gasteiger partial charge in [0.15, 0.2) is 11.5 Å². The zero-order valence-corrected chi connectivity index (χ0v) is 7.49. The summed E-state index contributed by atoms with van der Waals surface area (Å²) in [6.45, 7) is 3.18. The van der Waals surface area contributed by atoms with Crippen LogP contribution in [0.25, 0.3) is 6.08 Å². The highest BCUT2D eigenvalue weighted by atomic mass is 16.6. The third-order valence-corrected chi connectivity index (χ3v) is 1.79. The van der Waals surface area contributed by atoms with Crippen LogP contribution in [0.15, 0.2) is 18.3 Å². The molecule has 0 bridgehead atoms. The summed E-state index contributed by atoms with van der Waals surface area (Å²) in [5, 5.41) is 0. The first kappa shape index (κ1) is 8.10. The molecule has 68 valence electrons. The zero-order valence-electron chi connectivity index (χ0n) is 7.49. The fraction of sp³-hybridized carbons (Fsp3) is 0.300. The minimum atomic E-state index is 0.609. The number of hydrogen-bond donors (Lipinski definition) is 0. The molecule has 0 aliphatic carbocycles. The average molecular weight is 177 g/mol. The minimum absolute atomic E-state index is 0.609. The van der Waals surface area contributed by atoms with Crippen molar-refractivity contribution < 1.29 is 9.47 Å². The smallest absolute Gasteiger partial charge is 0.179 e. The Hall–Kier alpha value is -1.51. The van der Waals surface area contributed by atoms with E-state index in [9.17, 15) is 0 Å². The number of rotatable bonds is 1. The van der Waals surface area contributed by atoms with Crippen LogP contribution >= 0.6 is 0 Å². The molecule has 0 N–H and O–H groups in total. The highest BCUT2D eigenvalue weighted by Gasteiger charge is 2.11. The number of fused-ring (bicyclic) bond motifs is 1. The Morgan fingerprint density at radius 1 is 1.31 bits per heavy atom. The second-order valence-electron chi connectivity index (χ2n) is 2.75. The van der Waals surface area contributed by atoms with Crippen molar-refractivity contribution >= 4 is 6.08 Å². The molecule has 0 fully saturated rings. The summed E-state index contributed by atoms with van der Waals surface area (Å²) in [5.41, 5.74) is 0.895. The summed E-state index contributed by atoms with van der Waals surface area (Å²) in [5.74, 6) is 1.52. The van der Waals surface area contributed by atoms with Gasteiger partial charge < -0.3 is 9.47 Å². The molecular formula is C10H11NO2. The van der Waals surface area contributed by atoms with Crippen LogP contribution in [-0.4, -0.2) is 18.2 Å². The number of allylic oxidation sites excluding steroid dienone is 1. The molecule has 1 aliphatic rings. The van der Waals surface area contributed by atoms with E-state index in [1.807, 2.05) is 25.1 Å². The van der Waals surface area contributed by atoms with Crippen LogP contribution in [0.5, 0.6) is 11.5 Å². The molecule has 0 radical (unpaired) electrons. The molecule has 0 saturated heterocycles. The quantitative estimate of drug-likeness (QED) is 0.656. The highest BCUT2D eigenvalue weighted by molar-refractivity contribution is 5.51. The van der Waals surface area contributed by atoms with Crippen molar-refractivity contribution in [3.63, 3.8) is 0 Å². The first-order valence-electron chi connectivity index (χ1n) is 4.28. The van der Waals surface area contributed by atoms with E-state index in [4.69, 9.17) is 9.47 Å². The first-order chi connectivity index (χ1) is 6.40. The van der Waals surface area contributed by atoms with Crippen molar-refractivity contribution in [2.45, 2.75) is 6.92 Å². The maximum Gasteiger partial charge on any atom is 0.179 e. The fourth-order valence-electron chi connectivity index (χ4n) is 1.23. The van der Waals surface area contributed by atoms with E-state index < -0.39 is 0 Å². The van der Waals surface area contributed by atoms with Crippen molar-refractivity contribution in [3.8, 4) is 11.5 Å². The van der Waals surface area contributed by atoms with Gasteiger partial charge in [-0.2, -0.15) is 0 Å². The van der Waals surface area contributed by atoms with E-state index in [2.05, 4.69) is 4.98 Å². The lowest BCUT2D eigenvalue weighted by Gasteiger charge is -2.17. The molecule has 0 unspecified atom stereocenters. The second kappa shape index (κ2) is 3.47. The van der Waals surface area contributed by atoms with E-state index in [0.717, 1.165) is 17.2 Å². The Balaban J connectivity index is 2.35. The predicted molar refractivity (Wildman–Crippen MR) is 49.9 cm³/mol. The maximum atomic E-state index is 5.41. The third kappa shape index (κ3) is 1.64. The van der Waals surface area contributed by atoms with E-state index in [1.165, 1.54) is 0 Å². The van der Waals surface area contributed by atoms with Crippen LogP contribution < -0.4 is 9.47 Å². The molecule has 0 saturated carbocycles. The molecule has 1 aromatic rings. The predicted octanol–water partition coefficient (Wildman–Crippen LogP) is 1.89. The van der Waals surface area contributed by atoms with E-state index in [-0.39, 0.29) is 0 Å². The van der Waals surface area contributed by atoms with Crippen LogP contribution in [0.1, 0.15) is 12.6 Å². The molecule has 1 aliphatic heterocycles. The van der Waals surface area contributed by atoms with Crippen molar-refractivity contribution in [2.75, 3.05) is 13.2 Å². The molecule has 2 rings (SSSR count). The van der Waals surface area contributed by atoms with Gasteiger partial charge in [-0.25, -0.2) is 0 Å². The highest BCUT2D eigenvalue weighted by Crippen LogP contribution is 2.29. The van der Waals surface area contributed by atoms with Gasteiger partial charge in [-0.15, -0.1) is 0 Å². The standard InChI is InChI=1S/C10H11NO2/c1-2-3-8-6-9-10(7-11-8)13-5-4-12-9/h2-3,6-7H,4-5H2,1H3/b3-2+. The summed E-state index contributed by atoms with van der Waals surface area (Å²) in [4.78, 5) is 4.19. The summed E-state index contributed by atoms with van der Waals surface area (Å²) >= 11 is 0. The largest absolute Gasteiger partial charge is 0.486 e. The SMILES string of the molecule is C/C=C/c1cc2c(cn1)OCCO2. The van der Waals surface area contributed by atoms with Crippen molar-refractivity contribution in [1.82, 2.24) is 4.98 Å². The Morgan fingerprint density at radius 3 is 2.85 bits per heavy atom. The van der Waals surface area contributed by atoms with Crippen LogP contribution in [0.2, 0.25) is 0 Å². The fourth-order valence-corrected chi connectivity index (χ4v) is 1.23. The second-order valence-corrected chi connectivity index (χ2v) is 2.75. The van der Waals surface area contributed by atoms with Gasteiger partial charge in [0.25, 0.3) is 0 Å². The van der Waals surface area contributed by atoms with Gasteiger partial charge in [0.1, 0.15) is 13.2 Å². The lowest BCUT2D eigenvalue weighted by Crippen LogP contribution is -2.15. The lowest BCUT2D eigenvalue weighted by molar-refractivity contribution is 0.170. The third-order valence-electron chi connectivity index (χ3n) is 1.79. The molecule has 0 atom stereocenters. The normalized spacial score (nSPS) is 14.8. The molecule has 13 heavy (non-hydrogen) atoms. The van der Waals surface area contributed by atoms with Gasteiger partial charge in [-0.05, 0) is 13.0 Å². The van der Waals surface area contributed by atoms with E-state index in [0.29, 0.717) is 13.2 Å². The van der Waals surface area contributed by atoms with Gasteiger partial charge in [0, 0.05) is 6.07 Å². The van der Waals surface area contributed by atoms with Gasteiger partial charge >= 0.3 is 0 Å². The summed E-state index contributed by atoms with van der Waals surface area (Å²) < 4.78 is 10.8. The minimum Gasteiger partial charge on any atom is -0.486 e. The maximum absolute atomic E-state index is 5.41. The number of nitrogens with zero attached hydrogens (tertiary/aromatic N) is 1. The molecule has 0 spiro atoms. The molecule has 1 aromatic heterocycles. The van der Waals surface area contributed by atoms with Crippen molar-refractivity contribution in [3.05, 3.63) is 24.0 Å². The van der Waals surface area contributed by atoms with Crippen LogP contribution in [0, 0.1) is 0 Å². The van der Waals surface area contributed by atoms with Crippen LogP contribution in [0.3, 0.4) is 0 Å². The van der Waals surface area contributed by atoms with Gasteiger partial charge in [0.2, 0.25) is 0 Å². The topological polar surface area (TPSA) is 31.4 Å². The summed E-state index contributed by atoms with van der Waals surface area (Å²) in [7, 11) is 0. The number of aromatic nitrogens is 1. The molecule has 3 nitrogen and oxygen atoms in total. The van der Waals surface area contributed by atoms with Crippen LogP contribution in [0.4, 0.5) is 0 Å². The lowest BCUT2D eigenvalue weighted by atomic mass is 10.3. The Morgan fingerprint density at radius 2 is 2.08 bits per heavy atom. The first-order valence-corrected chi connectivity index (χ1v) is 4.28. The van der Waals surface area contributed by atoms with E-state index in [1.54, 1.807) is 6.20 Å². The number of hydrogen-bond acceptors (Lipinski definition) is 3. The van der Waals surface area contributed by atoms with Crippen molar-refractivity contribution in [1.29, 1.82) is 0 Å². The molecular weight excluding hydrogens is 166 g/mol.